The molecule has 1 aliphatic heterocycles. The number of para-hydroxylation sites is 1. The van der Waals surface area contributed by atoms with E-state index in [1.54, 1.807) is 12.1 Å². The maximum atomic E-state index is 13.0. The number of halogens is 1. The van der Waals surface area contributed by atoms with E-state index in [1.807, 2.05) is 70.1 Å². The number of fused-ring (bicyclic) bond motifs is 1. The van der Waals surface area contributed by atoms with E-state index in [0.717, 1.165) is 22.3 Å². The average molecular weight is 548 g/mol. The van der Waals surface area contributed by atoms with Crippen molar-refractivity contribution >= 4 is 45.2 Å². The summed E-state index contributed by atoms with van der Waals surface area (Å²) in [6.07, 6.45) is 0.868. The summed E-state index contributed by atoms with van der Waals surface area (Å²) in [4.78, 5) is 27.4. The molecule has 176 valence electrons. The number of thioether (sulfide) groups is 1. The lowest BCUT2D eigenvalue weighted by molar-refractivity contribution is -0.116. The smallest absolute Gasteiger partial charge is 0.251 e. The van der Waals surface area contributed by atoms with E-state index in [4.69, 9.17) is 0 Å². The molecule has 0 fully saturated rings. The lowest BCUT2D eigenvalue weighted by atomic mass is 10.2. The minimum atomic E-state index is -0.187. The Bertz CT molecular complexity index is 1360. The molecular weight excluding hydrogens is 526 g/mol. The molecule has 9 heteroatoms. The maximum Gasteiger partial charge on any atom is 0.251 e. The Morgan fingerprint density at radius 1 is 0.943 bits per heavy atom. The Hall–Kier alpha value is -3.43. The summed E-state index contributed by atoms with van der Waals surface area (Å²) in [6.45, 7) is 0.889. The summed E-state index contributed by atoms with van der Waals surface area (Å²) in [5, 5.41) is 12.2. The van der Waals surface area contributed by atoms with Gasteiger partial charge in [0.15, 0.2) is 11.0 Å². The van der Waals surface area contributed by atoms with Crippen molar-refractivity contribution in [1.82, 2.24) is 20.1 Å². The SMILES string of the molecule is O=C(NCc1nnc(SCC(=O)N2CCc3ccccc32)n1-c1ccc(Br)cc1)c1ccccc1. The molecule has 35 heavy (non-hydrogen) atoms. The van der Waals surface area contributed by atoms with Crippen LogP contribution < -0.4 is 10.2 Å². The van der Waals surface area contributed by atoms with Crippen LogP contribution in [0.1, 0.15) is 21.7 Å². The molecule has 0 bridgehead atoms. The van der Waals surface area contributed by atoms with Gasteiger partial charge in [0.2, 0.25) is 5.91 Å². The Morgan fingerprint density at radius 2 is 1.69 bits per heavy atom. The fraction of sp³-hybridized carbons (Fsp3) is 0.154. The van der Waals surface area contributed by atoms with Gasteiger partial charge >= 0.3 is 0 Å². The summed E-state index contributed by atoms with van der Waals surface area (Å²) in [6, 6.07) is 24.8. The first-order valence-electron chi connectivity index (χ1n) is 11.1. The number of carbonyl (C=O) groups excluding carboxylic acids is 2. The van der Waals surface area contributed by atoms with Crippen LogP contribution in [0.2, 0.25) is 0 Å². The number of anilines is 1. The van der Waals surface area contributed by atoms with Gasteiger partial charge in [0.05, 0.1) is 12.3 Å². The van der Waals surface area contributed by atoms with Gasteiger partial charge < -0.3 is 10.2 Å². The van der Waals surface area contributed by atoms with Crippen LogP contribution in [-0.4, -0.2) is 38.9 Å². The van der Waals surface area contributed by atoms with Crippen LogP contribution in [0.3, 0.4) is 0 Å². The third-order valence-electron chi connectivity index (χ3n) is 5.74. The number of amides is 2. The molecule has 5 rings (SSSR count). The fourth-order valence-corrected chi connectivity index (χ4v) is 5.12. The molecule has 2 heterocycles. The van der Waals surface area contributed by atoms with Crippen molar-refractivity contribution in [3.8, 4) is 5.69 Å². The average Bonchev–Trinajstić information content (AvgIpc) is 3.51. The molecule has 1 aromatic heterocycles. The van der Waals surface area contributed by atoms with Crippen molar-refractivity contribution in [2.45, 2.75) is 18.1 Å². The number of benzene rings is 3. The number of nitrogens with zero attached hydrogens (tertiary/aromatic N) is 4. The molecule has 0 saturated carbocycles. The fourth-order valence-electron chi connectivity index (χ4n) is 4.01. The summed E-state index contributed by atoms with van der Waals surface area (Å²) in [5.41, 5.74) is 3.61. The van der Waals surface area contributed by atoms with Gasteiger partial charge in [-0.15, -0.1) is 10.2 Å². The number of hydrogen-bond acceptors (Lipinski definition) is 5. The van der Waals surface area contributed by atoms with Gasteiger partial charge in [-0.2, -0.15) is 0 Å². The van der Waals surface area contributed by atoms with E-state index in [9.17, 15) is 9.59 Å². The van der Waals surface area contributed by atoms with Crippen LogP contribution >= 0.6 is 27.7 Å². The van der Waals surface area contributed by atoms with E-state index < -0.39 is 0 Å². The number of rotatable bonds is 7. The van der Waals surface area contributed by atoms with E-state index in [2.05, 4.69) is 37.5 Å². The molecule has 2 amide bonds. The van der Waals surface area contributed by atoms with Gasteiger partial charge in [-0.1, -0.05) is 64.1 Å². The van der Waals surface area contributed by atoms with Crippen LogP contribution in [0.4, 0.5) is 5.69 Å². The second kappa shape index (κ2) is 10.5. The molecule has 0 aliphatic carbocycles. The van der Waals surface area contributed by atoms with Crippen molar-refractivity contribution in [2.75, 3.05) is 17.2 Å². The summed E-state index contributed by atoms with van der Waals surface area (Å²) in [7, 11) is 0. The highest BCUT2D eigenvalue weighted by Crippen LogP contribution is 2.29. The van der Waals surface area contributed by atoms with E-state index in [-0.39, 0.29) is 24.1 Å². The number of aromatic nitrogens is 3. The normalized spacial score (nSPS) is 12.4. The zero-order valence-corrected chi connectivity index (χ0v) is 21.1. The highest BCUT2D eigenvalue weighted by molar-refractivity contribution is 9.10. The minimum absolute atomic E-state index is 0.0317. The Morgan fingerprint density at radius 3 is 2.49 bits per heavy atom. The lowest BCUT2D eigenvalue weighted by Crippen LogP contribution is -2.30. The molecule has 7 nitrogen and oxygen atoms in total. The zero-order valence-electron chi connectivity index (χ0n) is 18.7. The second-order valence-electron chi connectivity index (χ2n) is 7.97. The molecule has 0 atom stereocenters. The molecule has 0 radical (unpaired) electrons. The van der Waals surface area contributed by atoms with Gasteiger partial charge in [-0.05, 0) is 54.4 Å². The van der Waals surface area contributed by atoms with Crippen molar-refractivity contribution in [3.05, 3.63) is 100 Å². The Labute approximate surface area is 215 Å². The predicted molar refractivity (Wildman–Crippen MR) is 140 cm³/mol. The van der Waals surface area contributed by atoms with Gasteiger partial charge in [-0.3, -0.25) is 14.2 Å². The van der Waals surface area contributed by atoms with Crippen molar-refractivity contribution in [2.24, 2.45) is 0 Å². The maximum absolute atomic E-state index is 13.0. The van der Waals surface area contributed by atoms with Gasteiger partial charge in [0.25, 0.3) is 5.91 Å². The van der Waals surface area contributed by atoms with Gasteiger partial charge in [0.1, 0.15) is 0 Å². The molecular formula is C26H22BrN5O2S. The van der Waals surface area contributed by atoms with Crippen LogP contribution in [0.5, 0.6) is 0 Å². The highest BCUT2D eigenvalue weighted by atomic mass is 79.9. The lowest BCUT2D eigenvalue weighted by Gasteiger charge is -2.17. The number of hydrogen-bond donors (Lipinski definition) is 1. The largest absolute Gasteiger partial charge is 0.345 e. The second-order valence-corrected chi connectivity index (χ2v) is 9.83. The van der Waals surface area contributed by atoms with Crippen molar-refractivity contribution < 1.29 is 9.59 Å². The first-order valence-corrected chi connectivity index (χ1v) is 12.9. The molecule has 3 aromatic carbocycles. The van der Waals surface area contributed by atoms with Gasteiger partial charge in [0, 0.05) is 28.0 Å². The number of nitrogens with one attached hydrogen (secondary N) is 1. The van der Waals surface area contributed by atoms with Crippen molar-refractivity contribution in [3.63, 3.8) is 0 Å². The van der Waals surface area contributed by atoms with E-state index in [0.29, 0.717) is 23.1 Å². The van der Waals surface area contributed by atoms with Crippen LogP contribution in [0.25, 0.3) is 5.69 Å². The highest BCUT2D eigenvalue weighted by Gasteiger charge is 2.25. The predicted octanol–water partition coefficient (Wildman–Crippen LogP) is 4.64. The van der Waals surface area contributed by atoms with Crippen LogP contribution in [0, 0.1) is 0 Å². The first-order chi connectivity index (χ1) is 17.1. The minimum Gasteiger partial charge on any atom is -0.345 e. The van der Waals surface area contributed by atoms with Crippen LogP contribution in [-0.2, 0) is 17.8 Å². The monoisotopic (exact) mass is 547 g/mol. The number of carbonyl (C=O) groups is 2. The molecule has 0 unspecified atom stereocenters. The topological polar surface area (TPSA) is 80.1 Å². The standard InChI is InChI=1S/C26H22BrN5O2S/c27-20-10-12-21(13-11-20)32-23(16-28-25(34)19-7-2-1-3-8-19)29-30-26(32)35-17-24(33)31-15-14-18-6-4-5-9-22(18)31/h1-13H,14-17H2,(H,28,34). The molecule has 4 aromatic rings. The first kappa shape index (κ1) is 23.3. The molecule has 0 spiro atoms. The third kappa shape index (κ3) is 5.16. The molecule has 1 N–H and O–H groups in total. The zero-order chi connectivity index (χ0) is 24.2. The Kier molecular flexibility index (Phi) is 6.96. The quantitative estimate of drug-likeness (QED) is 0.341. The van der Waals surface area contributed by atoms with Crippen molar-refractivity contribution in [1.29, 1.82) is 0 Å². The van der Waals surface area contributed by atoms with E-state index >= 15 is 0 Å². The summed E-state index contributed by atoms with van der Waals surface area (Å²) >= 11 is 4.81. The summed E-state index contributed by atoms with van der Waals surface area (Å²) in [5.74, 6) is 0.662. The van der Waals surface area contributed by atoms with Gasteiger partial charge in [-0.25, -0.2) is 0 Å². The Balaban J connectivity index is 1.34. The molecule has 1 aliphatic rings. The summed E-state index contributed by atoms with van der Waals surface area (Å²) < 4.78 is 2.83. The van der Waals surface area contributed by atoms with Crippen LogP contribution in [0.15, 0.2) is 88.5 Å². The third-order valence-corrected chi connectivity index (χ3v) is 7.18. The molecule has 0 saturated heterocycles. The van der Waals surface area contributed by atoms with E-state index in [1.165, 1.54) is 17.3 Å².